The van der Waals surface area contributed by atoms with Crippen LogP contribution < -0.4 is 10.6 Å². The Morgan fingerprint density at radius 1 is 1.11 bits per heavy atom. The van der Waals surface area contributed by atoms with Crippen molar-refractivity contribution in [1.29, 1.82) is 0 Å². The minimum Gasteiger partial charge on any atom is -0.507 e. The van der Waals surface area contributed by atoms with Crippen molar-refractivity contribution >= 4 is 23.4 Å². The van der Waals surface area contributed by atoms with E-state index in [1.165, 1.54) is 12.2 Å². The number of aliphatic hydroxyl groups is 2. The largest absolute Gasteiger partial charge is 0.507 e. The van der Waals surface area contributed by atoms with Gasteiger partial charge in [0.05, 0.1) is 6.10 Å². The van der Waals surface area contributed by atoms with Crippen molar-refractivity contribution in [1.82, 2.24) is 10.6 Å². The molecule has 5 rings (SSSR count). The number of carbonyl (C=O) groups is 4. The van der Waals surface area contributed by atoms with Gasteiger partial charge in [-0.25, -0.2) is 0 Å². The minimum atomic E-state index is -1.20. The molecule has 2 amide bonds. The second-order valence-corrected chi connectivity index (χ2v) is 11.5. The first-order valence-electron chi connectivity index (χ1n) is 13.5. The molecule has 0 aromatic carbocycles. The Balaban J connectivity index is 1.48. The average molecular weight is 509 g/mol. The van der Waals surface area contributed by atoms with Crippen molar-refractivity contribution in [3.05, 3.63) is 48.3 Å². The van der Waals surface area contributed by atoms with E-state index in [1.807, 2.05) is 12.2 Å². The second kappa shape index (κ2) is 10.0. The first kappa shape index (κ1) is 25.6. The number of fused-ring (bicyclic) bond motifs is 7. The summed E-state index contributed by atoms with van der Waals surface area (Å²) < 4.78 is 0. The van der Waals surface area contributed by atoms with Crippen LogP contribution in [0.4, 0.5) is 0 Å². The molecule has 1 saturated heterocycles. The van der Waals surface area contributed by atoms with E-state index in [-0.39, 0.29) is 53.9 Å². The molecule has 2 aliphatic heterocycles. The summed E-state index contributed by atoms with van der Waals surface area (Å²) in [4.78, 5) is 51.2. The van der Waals surface area contributed by atoms with Gasteiger partial charge in [-0.15, -0.1) is 6.58 Å². The van der Waals surface area contributed by atoms with Crippen LogP contribution in [-0.2, 0) is 19.2 Å². The van der Waals surface area contributed by atoms with Crippen LogP contribution >= 0.6 is 0 Å². The predicted molar refractivity (Wildman–Crippen MR) is 136 cm³/mol. The van der Waals surface area contributed by atoms with E-state index in [4.69, 9.17) is 0 Å². The molecule has 198 valence electrons. The Labute approximate surface area is 217 Å². The van der Waals surface area contributed by atoms with Gasteiger partial charge in [-0.3, -0.25) is 19.2 Å². The summed E-state index contributed by atoms with van der Waals surface area (Å²) in [6.07, 6.45) is 10.3. The molecule has 5 aliphatic rings. The summed E-state index contributed by atoms with van der Waals surface area (Å²) in [5.74, 6) is -0.190. The zero-order valence-electron chi connectivity index (χ0n) is 21.1. The highest BCUT2D eigenvalue weighted by molar-refractivity contribution is 6.27. The topological polar surface area (TPSA) is 133 Å². The number of rotatable bonds is 1. The third-order valence-corrected chi connectivity index (χ3v) is 9.67. The van der Waals surface area contributed by atoms with Gasteiger partial charge in [0.15, 0.2) is 5.78 Å². The van der Waals surface area contributed by atoms with Crippen molar-refractivity contribution in [3.8, 4) is 0 Å². The monoisotopic (exact) mass is 508 g/mol. The van der Waals surface area contributed by atoms with Crippen molar-refractivity contribution in [2.75, 3.05) is 6.54 Å². The summed E-state index contributed by atoms with van der Waals surface area (Å²) in [5, 5.41) is 26.2. The lowest BCUT2D eigenvalue weighted by Crippen LogP contribution is -2.42. The maximum Gasteiger partial charge on any atom is 0.259 e. The van der Waals surface area contributed by atoms with Crippen LogP contribution in [0.5, 0.6) is 0 Å². The molecule has 0 spiro atoms. The molecule has 4 N–H and O–H groups in total. The van der Waals surface area contributed by atoms with Crippen molar-refractivity contribution in [2.24, 2.45) is 47.3 Å². The minimum absolute atomic E-state index is 0.0104. The molecule has 3 saturated carbocycles. The van der Waals surface area contributed by atoms with Crippen LogP contribution in [0.3, 0.4) is 0 Å². The molecule has 2 bridgehead atoms. The summed E-state index contributed by atoms with van der Waals surface area (Å²) in [5.41, 5.74) is -0.382. The van der Waals surface area contributed by atoms with E-state index in [2.05, 4.69) is 24.1 Å². The number of hydrogen-bond acceptors (Lipinski definition) is 6. The van der Waals surface area contributed by atoms with Gasteiger partial charge in [0.25, 0.3) is 5.91 Å². The van der Waals surface area contributed by atoms with E-state index < -0.39 is 29.6 Å². The van der Waals surface area contributed by atoms with Crippen molar-refractivity contribution in [2.45, 2.75) is 51.2 Å². The normalized spacial score (nSPS) is 45.9. The molecular weight excluding hydrogens is 472 g/mol. The fourth-order valence-corrected chi connectivity index (χ4v) is 7.95. The maximum absolute atomic E-state index is 13.5. The Bertz CT molecular complexity index is 1110. The van der Waals surface area contributed by atoms with E-state index in [1.54, 1.807) is 6.08 Å². The molecule has 4 fully saturated rings. The second-order valence-electron chi connectivity index (χ2n) is 11.5. The number of Topliss-reactive ketones (excluding diaryl/α,β-unsaturated/α-hetero) is 2. The van der Waals surface area contributed by atoms with Crippen LogP contribution in [0.25, 0.3) is 0 Å². The van der Waals surface area contributed by atoms with Crippen LogP contribution in [0.1, 0.15) is 39.0 Å². The molecule has 37 heavy (non-hydrogen) atoms. The van der Waals surface area contributed by atoms with Crippen molar-refractivity contribution < 1.29 is 29.4 Å². The molecule has 0 radical (unpaired) electrons. The lowest BCUT2D eigenvalue weighted by atomic mass is 9.63. The molecule has 8 nitrogen and oxygen atoms in total. The Morgan fingerprint density at radius 3 is 2.65 bits per heavy atom. The number of nitrogens with one attached hydrogen (secondary N) is 2. The van der Waals surface area contributed by atoms with Gasteiger partial charge < -0.3 is 20.8 Å². The summed E-state index contributed by atoms with van der Waals surface area (Å²) in [7, 11) is 0. The van der Waals surface area contributed by atoms with Gasteiger partial charge in [-0.2, -0.15) is 0 Å². The van der Waals surface area contributed by atoms with Gasteiger partial charge >= 0.3 is 0 Å². The van der Waals surface area contributed by atoms with E-state index >= 15 is 0 Å². The first-order chi connectivity index (χ1) is 17.7. The van der Waals surface area contributed by atoms with E-state index in [0.717, 1.165) is 12.8 Å². The Hall–Kier alpha value is -3.00. The SMILES string of the molecule is C=C[C@H]1C[C@@H]2C[C@@H]3[C@H]4C/C=C\C(=O)NCC[C@H](O)[C@@H]5NC(=O)/C(=C(O)/C=C\[C@@H]4CC(=O)[C@H]3[C@@H]2[C@H]1C)C5=O. The third-order valence-electron chi connectivity index (χ3n) is 9.67. The predicted octanol–water partition coefficient (Wildman–Crippen LogP) is 2.16. The van der Waals surface area contributed by atoms with Gasteiger partial charge in [-0.1, -0.05) is 25.2 Å². The Kier molecular flexibility index (Phi) is 6.96. The first-order valence-corrected chi connectivity index (χ1v) is 13.5. The van der Waals surface area contributed by atoms with E-state index in [0.29, 0.717) is 36.5 Å². The van der Waals surface area contributed by atoms with Gasteiger partial charge in [0.1, 0.15) is 23.2 Å². The molecule has 0 aromatic rings. The zero-order chi connectivity index (χ0) is 26.4. The standard InChI is InChI=1S/C29H36N2O6/c1-3-15-11-17-12-19-18-5-4-6-23(35)30-10-9-21(33)27-28(36)26(29(37)31-27)20(32)8-7-16(18)13-22(34)25(19)24(17)14(15)2/h3-4,6-8,14-19,21,24-25,27,32-33H,1,5,9-13H2,2H3,(H,30,35)(H,31,37)/b6-4-,8-7-,26-20-/t14-,15-,16+,17+,18-,19+,21-,24+,25-,27-/m0/s1. The van der Waals surface area contributed by atoms with Gasteiger partial charge in [-0.05, 0) is 79.3 Å². The summed E-state index contributed by atoms with van der Waals surface area (Å²) >= 11 is 0. The third kappa shape index (κ3) is 4.49. The number of carbonyl (C=O) groups excluding carboxylic acids is 4. The molecule has 3 aliphatic carbocycles. The lowest BCUT2D eigenvalue weighted by molar-refractivity contribution is -0.131. The number of hydrogen-bond donors (Lipinski definition) is 4. The highest BCUT2D eigenvalue weighted by Crippen LogP contribution is 2.61. The van der Waals surface area contributed by atoms with Crippen LogP contribution in [-0.4, -0.2) is 52.3 Å². The highest BCUT2D eigenvalue weighted by atomic mass is 16.3. The van der Waals surface area contributed by atoms with Crippen LogP contribution in [0.15, 0.2) is 48.3 Å². The van der Waals surface area contributed by atoms with Crippen LogP contribution in [0, 0.1) is 47.3 Å². The molecular formula is C29H36N2O6. The van der Waals surface area contributed by atoms with Crippen molar-refractivity contribution in [3.63, 3.8) is 0 Å². The Morgan fingerprint density at radius 2 is 1.89 bits per heavy atom. The quantitative estimate of drug-likeness (QED) is 0.317. The zero-order valence-corrected chi connectivity index (χ0v) is 21.1. The summed E-state index contributed by atoms with van der Waals surface area (Å²) in [6, 6.07) is -1.18. The number of amides is 2. The number of allylic oxidation sites excluding steroid dienone is 4. The highest BCUT2D eigenvalue weighted by Gasteiger charge is 2.58. The average Bonchev–Trinajstić information content (AvgIpc) is 3.48. The molecule has 0 unspecified atom stereocenters. The number of ketones is 2. The van der Waals surface area contributed by atoms with Gasteiger partial charge in [0, 0.05) is 18.9 Å². The molecule has 2 heterocycles. The molecule has 0 aromatic heterocycles. The molecule has 10 atom stereocenters. The maximum atomic E-state index is 13.5. The lowest BCUT2D eigenvalue weighted by Gasteiger charge is -2.40. The summed E-state index contributed by atoms with van der Waals surface area (Å²) in [6.45, 7) is 6.37. The van der Waals surface area contributed by atoms with Crippen LogP contribution in [0.2, 0.25) is 0 Å². The number of aliphatic hydroxyl groups excluding tert-OH is 2. The smallest absolute Gasteiger partial charge is 0.259 e. The van der Waals surface area contributed by atoms with E-state index in [9.17, 15) is 29.4 Å². The fraction of sp³-hybridized carbons (Fsp3) is 0.586. The van der Waals surface area contributed by atoms with Gasteiger partial charge in [0.2, 0.25) is 5.91 Å². The fourth-order valence-electron chi connectivity index (χ4n) is 7.95. The molecule has 8 heteroatoms.